The lowest BCUT2D eigenvalue weighted by Gasteiger charge is -2.29. The molecule has 6 heteroatoms. The maximum Gasteiger partial charge on any atom is 0.267 e. The molecule has 1 aromatic carbocycles. The summed E-state index contributed by atoms with van der Waals surface area (Å²) < 4.78 is 19.9. The zero-order chi connectivity index (χ0) is 16.4. The monoisotopic (exact) mass is 320 g/mol. The SMILES string of the molecule is CN1CCC(c2ccc(OC3CCC(=O)NC3=O)cc2F)CC1. The average Bonchev–Trinajstić information content (AvgIpc) is 2.51. The number of rotatable bonds is 3. The van der Waals surface area contributed by atoms with E-state index in [2.05, 4.69) is 17.3 Å². The topological polar surface area (TPSA) is 58.6 Å². The predicted octanol–water partition coefficient (Wildman–Crippen LogP) is 1.82. The van der Waals surface area contributed by atoms with E-state index in [1.54, 1.807) is 12.1 Å². The van der Waals surface area contributed by atoms with E-state index >= 15 is 0 Å². The summed E-state index contributed by atoms with van der Waals surface area (Å²) in [4.78, 5) is 25.0. The smallest absolute Gasteiger partial charge is 0.267 e. The molecule has 124 valence electrons. The summed E-state index contributed by atoms with van der Waals surface area (Å²) in [6, 6.07) is 4.81. The molecule has 0 saturated carbocycles. The number of carbonyl (C=O) groups excluding carboxylic acids is 2. The molecule has 23 heavy (non-hydrogen) atoms. The largest absolute Gasteiger partial charge is 0.480 e. The molecule has 2 aliphatic rings. The van der Waals surface area contributed by atoms with Crippen molar-refractivity contribution in [1.29, 1.82) is 0 Å². The fourth-order valence-corrected chi connectivity index (χ4v) is 3.18. The Kier molecular flexibility index (Phi) is 4.61. The van der Waals surface area contributed by atoms with Gasteiger partial charge in [0.1, 0.15) is 11.6 Å². The molecule has 0 spiro atoms. The average molecular weight is 320 g/mol. The minimum Gasteiger partial charge on any atom is -0.480 e. The number of amides is 2. The van der Waals surface area contributed by atoms with Crippen LogP contribution in [-0.4, -0.2) is 43.0 Å². The second-order valence-corrected chi connectivity index (χ2v) is 6.32. The van der Waals surface area contributed by atoms with Crippen LogP contribution in [0.15, 0.2) is 18.2 Å². The first-order chi connectivity index (χ1) is 11.0. The zero-order valence-corrected chi connectivity index (χ0v) is 13.2. The number of nitrogens with zero attached hydrogens (tertiary/aromatic N) is 1. The summed E-state index contributed by atoms with van der Waals surface area (Å²) in [5.74, 6) is -0.478. The molecule has 2 heterocycles. The van der Waals surface area contributed by atoms with E-state index in [1.165, 1.54) is 6.07 Å². The summed E-state index contributed by atoms with van der Waals surface area (Å²) in [6.07, 6.45) is 1.72. The first-order valence-corrected chi connectivity index (χ1v) is 8.01. The maximum atomic E-state index is 14.4. The van der Waals surface area contributed by atoms with Crippen LogP contribution in [-0.2, 0) is 9.59 Å². The van der Waals surface area contributed by atoms with Crippen molar-refractivity contribution in [3.05, 3.63) is 29.6 Å². The lowest BCUT2D eigenvalue weighted by Crippen LogP contribution is -2.46. The van der Waals surface area contributed by atoms with Crippen LogP contribution in [0.4, 0.5) is 4.39 Å². The van der Waals surface area contributed by atoms with Crippen molar-refractivity contribution in [3.63, 3.8) is 0 Å². The van der Waals surface area contributed by atoms with Crippen LogP contribution in [0.25, 0.3) is 0 Å². The fourth-order valence-electron chi connectivity index (χ4n) is 3.18. The molecule has 1 aromatic rings. The molecule has 0 aliphatic carbocycles. The highest BCUT2D eigenvalue weighted by Gasteiger charge is 2.28. The van der Waals surface area contributed by atoms with Crippen molar-refractivity contribution in [2.24, 2.45) is 0 Å². The highest BCUT2D eigenvalue weighted by atomic mass is 19.1. The lowest BCUT2D eigenvalue weighted by molar-refractivity contribution is -0.138. The minimum atomic E-state index is -0.735. The van der Waals surface area contributed by atoms with Crippen LogP contribution < -0.4 is 10.1 Å². The fraction of sp³-hybridized carbons (Fsp3) is 0.529. The van der Waals surface area contributed by atoms with Crippen molar-refractivity contribution in [2.45, 2.75) is 37.7 Å². The Morgan fingerprint density at radius 2 is 1.96 bits per heavy atom. The molecule has 1 unspecified atom stereocenters. The van der Waals surface area contributed by atoms with Gasteiger partial charge in [-0.2, -0.15) is 0 Å². The molecule has 1 N–H and O–H groups in total. The van der Waals surface area contributed by atoms with Crippen LogP contribution in [0.3, 0.4) is 0 Å². The van der Waals surface area contributed by atoms with Gasteiger partial charge in [-0.15, -0.1) is 0 Å². The second kappa shape index (κ2) is 6.66. The Bertz CT molecular complexity index is 612. The summed E-state index contributed by atoms with van der Waals surface area (Å²) >= 11 is 0. The van der Waals surface area contributed by atoms with Gasteiger partial charge in [-0.3, -0.25) is 14.9 Å². The highest BCUT2D eigenvalue weighted by Crippen LogP contribution is 2.31. The number of ether oxygens (including phenoxy) is 1. The predicted molar refractivity (Wildman–Crippen MR) is 82.7 cm³/mol. The molecular weight excluding hydrogens is 299 g/mol. The Balaban J connectivity index is 1.67. The Morgan fingerprint density at radius 1 is 1.22 bits per heavy atom. The number of hydrogen-bond acceptors (Lipinski definition) is 4. The van der Waals surface area contributed by atoms with Crippen molar-refractivity contribution < 1.29 is 18.7 Å². The van der Waals surface area contributed by atoms with Gasteiger partial charge < -0.3 is 9.64 Å². The molecule has 0 aromatic heterocycles. The Labute approximate surface area is 134 Å². The number of carbonyl (C=O) groups is 2. The normalized spacial score (nSPS) is 23.7. The quantitative estimate of drug-likeness (QED) is 0.863. The van der Waals surface area contributed by atoms with E-state index in [-0.39, 0.29) is 24.1 Å². The second-order valence-electron chi connectivity index (χ2n) is 6.32. The van der Waals surface area contributed by atoms with Gasteiger partial charge in [0.25, 0.3) is 5.91 Å². The number of benzene rings is 1. The van der Waals surface area contributed by atoms with Crippen molar-refractivity contribution in [1.82, 2.24) is 10.2 Å². The van der Waals surface area contributed by atoms with Gasteiger partial charge in [-0.1, -0.05) is 6.07 Å². The molecular formula is C17H21FN2O3. The number of imide groups is 1. The van der Waals surface area contributed by atoms with E-state index < -0.39 is 12.0 Å². The van der Waals surface area contributed by atoms with Crippen LogP contribution in [0.1, 0.15) is 37.2 Å². The molecule has 3 rings (SSSR count). The van der Waals surface area contributed by atoms with Gasteiger partial charge >= 0.3 is 0 Å². The first-order valence-electron chi connectivity index (χ1n) is 8.01. The van der Waals surface area contributed by atoms with Crippen LogP contribution in [0.5, 0.6) is 5.75 Å². The number of halogens is 1. The number of piperidine rings is 2. The summed E-state index contributed by atoms with van der Waals surface area (Å²) in [6.45, 7) is 1.94. The Morgan fingerprint density at radius 3 is 2.61 bits per heavy atom. The lowest BCUT2D eigenvalue weighted by atomic mass is 9.89. The molecule has 2 amide bonds. The summed E-state index contributed by atoms with van der Waals surface area (Å²) in [5, 5.41) is 2.23. The van der Waals surface area contributed by atoms with Crippen LogP contribution in [0, 0.1) is 5.82 Å². The standard InChI is InChI=1S/C17H21FN2O3/c1-20-8-6-11(7-9-20)13-3-2-12(10-14(13)18)23-15-4-5-16(21)19-17(15)22/h2-3,10-11,15H,4-9H2,1H3,(H,19,21,22). The molecule has 0 radical (unpaired) electrons. The van der Waals surface area contributed by atoms with Crippen LogP contribution in [0.2, 0.25) is 0 Å². The number of hydrogen-bond donors (Lipinski definition) is 1. The minimum absolute atomic E-state index is 0.232. The molecule has 5 nitrogen and oxygen atoms in total. The molecule has 0 bridgehead atoms. The highest BCUT2D eigenvalue weighted by molar-refractivity contribution is 5.99. The van der Waals surface area contributed by atoms with E-state index in [1.807, 2.05) is 0 Å². The van der Waals surface area contributed by atoms with E-state index in [4.69, 9.17) is 4.74 Å². The third kappa shape index (κ3) is 3.69. The maximum absolute atomic E-state index is 14.4. The third-order valence-electron chi connectivity index (χ3n) is 4.60. The summed E-state index contributed by atoms with van der Waals surface area (Å²) in [5.41, 5.74) is 0.716. The molecule has 2 aliphatic heterocycles. The van der Waals surface area contributed by atoms with Gasteiger partial charge in [-0.25, -0.2) is 4.39 Å². The summed E-state index contributed by atoms with van der Waals surface area (Å²) in [7, 11) is 2.07. The molecule has 1 atom stereocenters. The van der Waals surface area contributed by atoms with Gasteiger partial charge in [0.05, 0.1) is 0 Å². The van der Waals surface area contributed by atoms with Crippen LogP contribution >= 0.6 is 0 Å². The van der Waals surface area contributed by atoms with Crippen molar-refractivity contribution in [3.8, 4) is 5.75 Å². The number of nitrogens with one attached hydrogen (secondary N) is 1. The Hall–Kier alpha value is -1.95. The number of likely N-dealkylation sites (tertiary alicyclic amines) is 1. The van der Waals surface area contributed by atoms with E-state index in [0.717, 1.165) is 25.9 Å². The van der Waals surface area contributed by atoms with E-state index in [9.17, 15) is 14.0 Å². The van der Waals surface area contributed by atoms with E-state index in [0.29, 0.717) is 17.7 Å². The molecule has 2 fully saturated rings. The zero-order valence-electron chi connectivity index (χ0n) is 13.2. The van der Waals surface area contributed by atoms with Gasteiger partial charge in [0, 0.05) is 18.9 Å². The van der Waals surface area contributed by atoms with Gasteiger partial charge in [0.2, 0.25) is 5.91 Å². The van der Waals surface area contributed by atoms with Crippen molar-refractivity contribution >= 4 is 11.8 Å². The van der Waals surface area contributed by atoms with Crippen molar-refractivity contribution in [2.75, 3.05) is 20.1 Å². The molecule has 2 saturated heterocycles. The van der Waals surface area contributed by atoms with Gasteiger partial charge in [0.15, 0.2) is 6.10 Å². The first kappa shape index (κ1) is 15.9. The van der Waals surface area contributed by atoms with Gasteiger partial charge in [-0.05, 0) is 50.5 Å². The third-order valence-corrected chi connectivity index (χ3v) is 4.60.